The van der Waals surface area contributed by atoms with Crippen molar-refractivity contribution >= 4 is 22.4 Å². The predicted molar refractivity (Wildman–Crippen MR) is 210 cm³/mol. The normalized spacial score (nSPS) is 29.6. The molecule has 2 aromatic carbocycles. The number of benzene rings is 2. The van der Waals surface area contributed by atoms with E-state index < -0.39 is 64.5 Å². The van der Waals surface area contributed by atoms with E-state index in [2.05, 4.69) is 74.3 Å². The first-order valence-electron chi connectivity index (χ1n) is 18.7. The molecule has 53 heavy (non-hydrogen) atoms. The summed E-state index contributed by atoms with van der Waals surface area (Å²) in [5.74, 6) is -6.45. The molecule has 2 aliphatic rings. The van der Waals surface area contributed by atoms with Gasteiger partial charge in [0.2, 0.25) is 0 Å². The minimum absolute atomic E-state index is 0.0509. The van der Waals surface area contributed by atoms with Crippen LogP contribution in [0, 0.1) is 0 Å². The van der Waals surface area contributed by atoms with Crippen molar-refractivity contribution in [1.29, 1.82) is 0 Å². The SMILES string of the molecule is C=CC(=O)[C@H]1OC(C)(C)O[C@@H]1C[C@H]1O[C@H](CO[Si](C)(C)C(C)(C)C)[C@](O)(OCc2ccccc2)[C@@](O)(OCc2ccccc2)[C@H]1O[Si](C)(C)C(C)(C)C. The van der Waals surface area contributed by atoms with Crippen LogP contribution < -0.4 is 0 Å². The highest BCUT2D eigenvalue weighted by Crippen LogP contribution is 2.49. The van der Waals surface area contributed by atoms with E-state index in [9.17, 15) is 15.0 Å². The van der Waals surface area contributed by atoms with Crippen LogP contribution in [0.4, 0.5) is 0 Å². The summed E-state index contributed by atoms with van der Waals surface area (Å²) in [5, 5.41) is 26.0. The summed E-state index contributed by atoms with van der Waals surface area (Å²) < 4.78 is 46.2. The number of rotatable bonds is 15. The minimum Gasteiger partial charge on any atom is -0.414 e. The predicted octanol–water partition coefficient (Wildman–Crippen LogP) is 7.64. The third-order valence-electron chi connectivity index (χ3n) is 11.4. The summed E-state index contributed by atoms with van der Waals surface area (Å²) in [5.41, 5.74) is 1.53. The first-order valence-corrected chi connectivity index (χ1v) is 24.5. The van der Waals surface area contributed by atoms with E-state index in [4.69, 9.17) is 32.5 Å². The number of hydrogen-bond donors (Lipinski definition) is 2. The zero-order valence-electron chi connectivity index (χ0n) is 33.9. The van der Waals surface area contributed by atoms with Gasteiger partial charge < -0.3 is 42.7 Å². The van der Waals surface area contributed by atoms with Gasteiger partial charge in [0.05, 0.1) is 32.0 Å². The van der Waals surface area contributed by atoms with Crippen LogP contribution in [0.15, 0.2) is 73.3 Å². The van der Waals surface area contributed by atoms with Gasteiger partial charge in [-0.2, -0.15) is 0 Å². The number of aliphatic hydroxyl groups is 2. The smallest absolute Gasteiger partial charge is 0.253 e. The summed E-state index contributed by atoms with van der Waals surface area (Å²) in [6.45, 7) is 27.9. The van der Waals surface area contributed by atoms with Gasteiger partial charge >= 0.3 is 0 Å². The molecule has 0 aromatic heterocycles. The van der Waals surface area contributed by atoms with Gasteiger partial charge in [0, 0.05) is 6.42 Å². The van der Waals surface area contributed by atoms with Crippen molar-refractivity contribution in [3.05, 3.63) is 84.4 Å². The van der Waals surface area contributed by atoms with Crippen LogP contribution in [0.2, 0.25) is 36.3 Å². The molecule has 2 fully saturated rings. The van der Waals surface area contributed by atoms with Crippen LogP contribution in [0.3, 0.4) is 0 Å². The number of carbonyl (C=O) groups excluding carboxylic acids is 1. The van der Waals surface area contributed by atoms with E-state index in [0.717, 1.165) is 11.1 Å². The van der Waals surface area contributed by atoms with Crippen molar-refractivity contribution in [2.75, 3.05) is 6.61 Å². The average Bonchev–Trinajstić information content (AvgIpc) is 3.38. The summed E-state index contributed by atoms with van der Waals surface area (Å²) in [6.07, 6.45) is -4.08. The van der Waals surface area contributed by atoms with Gasteiger partial charge in [-0.25, -0.2) is 0 Å². The van der Waals surface area contributed by atoms with E-state index >= 15 is 0 Å². The third-order valence-corrected chi connectivity index (χ3v) is 20.3. The van der Waals surface area contributed by atoms with Crippen molar-refractivity contribution in [3.63, 3.8) is 0 Å². The first-order chi connectivity index (χ1) is 24.4. The Morgan fingerprint density at radius 3 is 1.75 bits per heavy atom. The van der Waals surface area contributed by atoms with Gasteiger partial charge in [0.1, 0.15) is 18.3 Å². The lowest BCUT2D eigenvalue weighted by Gasteiger charge is -2.57. The number of ketones is 1. The molecule has 2 aromatic rings. The van der Waals surface area contributed by atoms with Crippen molar-refractivity contribution in [2.45, 2.75) is 159 Å². The lowest BCUT2D eigenvalue weighted by Crippen LogP contribution is -2.78. The van der Waals surface area contributed by atoms with Gasteiger partial charge in [0.15, 0.2) is 28.2 Å². The molecular weight excluding hydrogens is 709 g/mol. The Morgan fingerprint density at radius 2 is 1.28 bits per heavy atom. The molecule has 2 saturated heterocycles. The second-order valence-electron chi connectivity index (χ2n) is 17.9. The fourth-order valence-corrected chi connectivity index (χ4v) is 8.35. The van der Waals surface area contributed by atoms with E-state index in [0.29, 0.717) is 0 Å². The van der Waals surface area contributed by atoms with Crippen LogP contribution in [0.25, 0.3) is 0 Å². The van der Waals surface area contributed by atoms with Crippen LogP contribution in [-0.4, -0.2) is 87.1 Å². The van der Waals surface area contributed by atoms with Gasteiger partial charge in [-0.3, -0.25) is 4.79 Å². The monoisotopic (exact) mass is 772 g/mol. The molecule has 2 aliphatic heterocycles. The molecule has 0 spiro atoms. The Kier molecular flexibility index (Phi) is 13.3. The molecule has 296 valence electrons. The quantitative estimate of drug-likeness (QED) is 0.106. The fraction of sp³-hybridized carbons (Fsp3) is 0.634. The molecular formula is C41H64O10Si2. The van der Waals surface area contributed by atoms with Gasteiger partial charge in [-0.1, -0.05) is 109 Å². The number of ether oxygens (including phenoxy) is 5. The van der Waals surface area contributed by atoms with Crippen LogP contribution in [0.1, 0.15) is 72.9 Å². The molecule has 0 unspecified atom stereocenters. The Labute approximate surface area is 319 Å². The van der Waals surface area contributed by atoms with Gasteiger partial charge in [0.25, 0.3) is 11.6 Å². The fourth-order valence-electron chi connectivity index (χ4n) is 6.05. The van der Waals surface area contributed by atoms with E-state index in [1.165, 1.54) is 6.08 Å². The minimum atomic E-state index is -2.77. The van der Waals surface area contributed by atoms with Crippen LogP contribution in [-0.2, 0) is 50.5 Å². The Morgan fingerprint density at radius 1 is 0.792 bits per heavy atom. The molecule has 0 amide bonds. The molecule has 4 rings (SSSR count). The highest BCUT2D eigenvalue weighted by atomic mass is 28.4. The van der Waals surface area contributed by atoms with Crippen LogP contribution >= 0.6 is 0 Å². The topological polar surface area (TPSA) is 122 Å². The molecule has 0 aliphatic carbocycles. The maximum Gasteiger partial charge on any atom is 0.253 e. The molecule has 12 heteroatoms. The van der Waals surface area contributed by atoms with Crippen molar-refractivity contribution < 1.29 is 47.5 Å². The summed E-state index contributed by atoms with van der Waals surface area (Å²) in [7, 11) is -5.21. The summed E-state index contributed by atoms with van der Waals surface area (Å²) >= 11 is 0. The zero-order valence-corrected chi connectivity index (χ0v) is 35.9. The number of hydrogen-bond acceptors (Lipinski definition) is 10. The second-order valence-corrected chi connectivity index (χ2v) is 27.5. The van der Waals surface area contributed by atoms with Crippen molar-refractivity contribution in [1.82, 2.24) is 0 Å². The van der Waals surface area contributed by atoms with Crippen molar-refractivity contribution in [3.8, 4) is 0 Å². The lowest BCUT2D eigenvalue weighted by molar-refractivity contribution is -0.472. The largest absolute Gasteiger partial charge is 0.414 e. The molecule has 2 N–H and O–H groups in total. The Bertz CT molecular complexity index is 1520. The van der Waals surface area contributed by atoms with Gasteiger partial charge in [-0.15, -0.1) is 0 Å². The molecule has 0 radical (unpaired) electrons. The highest BCUT2D eigenvalue weighted by molar-refractivity contribution is 6.74. The molecule has 10 nitrogen and oxygen atoms in total. The van der Waals surface area contributed by atoms with E-state index in [1.54, 1.807) is 13.8 Å². The van der Waals surface area contributed by atoms with Crippen LogP contribution in [0.5, 0.6) is 0 Å². The molecule has 0 bridgehead atoms. The zero-order chi connectivity index (χ0) is 39.7. The standard InChI is InChI=1S/C41H64O10Si2/c1-14-31(42)35-32(49-39(8,9)50-35)25-33-36(51-53(12,13)38(5,6)7)41(44,46-27-30-23-19-16-20-24-30)40(43,45-26-29-21-17-15-18-22-29)34(48-33)28-47-52(10,11)37(2,3)4/h14-24,32-36,43-44H,1,25-28H2,2-13H3/t32-,33-,34-,35-,36+,40+,41+/m1/s1. The maximum atomic E-state index is 13.4. The number of carbonyl (C=O) groups is 1. The molecule has 2 heterocycles. The third kappa shape index (κ3) is 9.84. The lowest BCUT2D eigenvalue weighted by atomic mass is 9.84. The maximum absolute atomic E-state index is 13.4. The molecule has 7 atom stereocenters. The average molecular weight is 773 g/mol. The van der Waals surface area contributed by atoms with E-state index in [1.807, 2.05) is 60.7 Å². The first kappa shape index (κ1) is 43.6. The second kappa shape index (κ2) is 16.2. The van der Waals surface area contributed by atoms with Gasteiger partial charge in [-0.05, 0) is 67.3 Å². The summed E-state index contributed by atoms with van der Waals surface area (Å²) in [6, 6.07) is 18.8. The summed E-state index contributed by atoms with van der Waals surface area (Å²) in [4.78, 5) is 13.1. The molecule has 0 saturated carbocycles. The Balaban J connectivity index is 1.91. The van der Waals surface area contributed by atoms with Crippen molar-refractivity contribution in [2.24, 2.45) is 0 Å². The highest BCUT2D eigenvalue weighted by Gasteiger charge is 2.70. The van der Waals surface area contributed by atoms with E-state index in [-0.39, 0.29) is 42.1 Å². The Hall–Kier alpha value is -2.08.